The van der Waals surface area contributed by atoms with Gasteiger partial charge < -0.3 is 11.2 Å². The normalized spacial score (nSPS) is 14.0. The molecule has 0 fully saturated rings. The number of nitrogens with one attached hydrogen (secondary N) is 1. The van der Waals surface area contributed by atoms with Crippen molar-refractivity contribution in [1.29, 1.82) is 0 Å². The first-order valence-corrected chi connectivity index (χ1v) is 7.95. The molecule has 0 saturated heterocycles. The number of hydrazone groups is 1. The second kappa shape index (κ2) is 6.03. The average Bonchev–Trinajstić information content (AvgIpc) is 2.99. The summed E-state index contributed by atoms with van der Waals surface area (Å²) in [7, 11) is 1.72. The molecule has 0 atom stereocenters. The van der Waals surface area contributed by atoms with Gasteiger partial charge in [-0.2, -0.15) is 5.10 Å². The number of hydrogen-bond acceptors (Lipinski definition) is 2. The Labute approximate surface area is 136 Å². The van der Waals surface area contributed by atoms with Crippen molar-refractivity contribution in [2.24, 2.45) is 10.8 Å². The number of nitrogens with two attached hydrogens (primary N) is 1. The van der Waals surface area contributed by atoms with E-state index in [2.05, 4.69) is 24.4 Å². The van der Waals surface area contributed by atoms with Gasteiger partial charge in [-0.1, -0.05) is 6.07 Å². The number of amidine groups is 1. The van der Waals surface area contributed by atoms with E-state index in [4.69, 9.17) is 5.73 Å². The van der Waals surface area contributed by atoms with Gasteiger partial charge in [-0.15, -0.1) is 0 Å². The molecule has 0 saturated carbocycles. The van der Waals surface area contributed by atoms with E-state index in [1.807, 2.05) is 18.2 Å². The van der Waals surface area contributed by atoms with E-state index < -0.39 is 0 Å². The monoisotopic (exact) mass is 311 g/mol. The second-order valence-corrected chi connectivity index (χ2v) is 6.11. The van der Waals surface area contributed by atoms with Gasteiger partial charge in [0.2, 0.25) is 0 Å². The highest BCUT2D eigenvalue weighted by atomic mass is 19.1. The Hall–Kier alpha value is -2.36. The average molecular weight is 311 g/mol. The van der Waals surface area contributed by atoms with Crippen LogP contribution in [0.3, 0.4) is 0 Å². The molecule has 120 valence electrons. The van der Waals surface area contributed by atoms with Crippen LogP contribution in [0.2, 0.25) is 0 Å². The molecular formula is C19H22FN3. The minimum Gasteiger partial charge on any atom is -0.382 e. The molecule has 0 aromatic heterocycles. The van der Waals surface area contributed by atoms with Crippen molar-refractivity contribution in [2.45, 2.75) is 33.1 Å². The van der Waals surface area contributed by atoms with Gasteiger partial charge in [0, 0.05) is 12.6 Å². The van der Waals surface area contributed by atoms with Gasteiger partial charge in [-0.3, -0.25) is 0 Å². The van der Waals surface area contributed by atoms with E-state index in [0.717, 1.165) is 47.1 Å². The minimum atomic E-state index is -0.0708. The predicted molar refractivity (Wildman–Crippen MR) is 93.1 cm³/mol. The van der Waals surface area contributed by atoms with Gasteiger partial charge in [0.25, 0.3) is 0 Å². The lowest BCUT2D eigenvalue weighted by Crippen LogP contribution is -2.17. The summed E-state index contributed by atoms with van der Waals surface area (Å²) >= 11 is 0. The smallest absolute Gasteiger partial charge is 0.150 e. The van der Waals surface area contributed by atoms with E-state index in [0.29, 0.717) is 5.84 Å². The third-order valence-corrected chi connectivity index (χ3v) is 4.56. The Bertz CT molecular complexity index is 770. The summed E-state index contributed by atoms with van der Waals surface area (Å²) in [5, 5.41) is 4.04. The molecule has 2 aromatic rings. The van der Waals surface area contributed by atoms with Crippen molar-refractivity contribution in [2.75, 3.05) is 7.05 Å². The van der Waals surface area contributed by atoms with Gasteiger partial charge >= 0.3 is 0 Å². The number of rotatable bonds is 3. The maximum atomic E-state index is 14.0. The molecule has 0 bridgehead atoms. The summed E-state index contributed by atoms with van der Waals surface area (Å²) in [6, 6.07) is 7.61. The lowest BCUT2D eigenvalue weighted by Gasteiger charge is -2.16. The molecular weight excluding hydrogens is 289 g/mol. The Morgan fingerprint density at radius 2 is 1.78 bits per heavy atom. The fourth-order valence-electron chi connectivity index (χ4n) is 3.62. The lowest BCUT2D eigenvalue weighted by atomic mass is 9.89. The first-order valence-electron chi connectivity index (χ1n) is 7.95. The van der Waals surface area contributed by atoms with Gasteiger partial charge in [0.1, 0.15) is 5.82 Å². The summed E-state index contributed by atoms with van der Waals surface area (Å²) in [4.78, 5) is 0. The van der Waals surface area contributed by atoms with Crippen LogP contribution in [0, 0.1) is 19.7 Å². The SMILES string of the molecule is CN/N=C(\N)c1cc(C)c(-c2ccc(F)c3c2CCC3)c(C)c1. The fourth-order valence-corrected chi connectivity index (χ4v) is 3.62. The van der Waals surface area contributed by atoms with E-state index in [-0.39, 0.29) is 5.82 Å². The predicted octanol–water partition coefficient (Wildman–Crippen LogP) is 3.44. The van der Waals surface area contributed by atoms with E-state index >= 15 is 0 Å². The van der Waals surface area contributed by atoms with Crippen LogP contribution in [0.15, 0.2) is 29.4 Å². The van der Waals surface area contributed by atoms with Crippen LogP contribution in [0.25, 0.3) is 11.1 Å². The third kappa shape index (κ3) is 2.69. The molecule has 4 heteroatoms. The Morgan fingerprint density at radius 3 is 2.43 bits per heavy atom. The molecule has 0 radical (unpaired) electrons. The van der Waals surface area contributed by atoms with Crippen LogP contribution in [0.4, 0.5) is 4.39 Å². The number of aryl methyl sites for hydroxylation is 2. The molecule has 0 unspecified atom stereocenters. The first kappa shape index (κ1) is 15.5. The van der Waals surface area contributed by atoms with Gasteiger partial charge in [0.05, 0.1) is 0 Å². The molecule has 2 aromatic carbocycles. The number of benzene rings is 2. The van der Waals surface area contributed by atoms with Crippen LogP contribution >= 0.6 is 0 Å². The maximum Gasteiger partial charge on any atom is 0.150 e. The van der Waals surface area contributed by atoms with Crippen molar-refractivity contribution >= 4 is 5.84 Å². The summed E-state index contributed by atoms with van der Waals surface area (Å²) < 4.78 is 14.0. The first-order chi connectivity index (χ1) is 11.0. The molecule has 3 nitrogen and oxygen atoms in total. The quantitative estimate of drug-likeness (QED) is 0.518. The van der Waals surface area contributed by atoms with Crippen molar-refractivity contribution in [3.8, 4) is 11.1 Å². The van der Waals surface area contributed by atoms with E-state index in [1.165, 1.54) is 11.1 Å². The zero-order valence-electron chi connectivity index (χ0n) is 13.8. The van der Waals surface area contributed by atoms with E-state index in [9.17, 15) is 4.39 Å². The standard InChI is InChI=1S/C19H22FN3/c1-11-9-13(19(21)23-22-3)10-12(2)18(11)16-7-8-17(20)15-6-4-5-14(15)16/h7-10,22H,4-6H2,1-3H3,(H2,21,23). The van der Waals surface area contributed by atoms with Crippen molar-refractivity contribution in [3.63, 3.8) is 0 Å². The lowest BCUT2D eigenvalue weighted by molar-refractivity contribution is 0.613. The largest absolute Gasteiger partial charge is 0.382 e. The maximum absolute atomic E-state index is 14.0. The summed E-state index contributed by atoms with van der Waals surface area (Å²) in [6.45, 7) is 4.15. The van der Waals surface area contributed by atoms with Gasteiger partial charge in [-0.05, 0) is 84.7 Å². The van der Waals surface area contributed by atoms with Crippen LogP contribution in [-0.2, 0) is 12.8 Å². The van der Waals surface area contributed by atoms with Crippen molar-refractivity contribution in [1.82, 2.24) is 5.43 Å². The van der Waals surface area contributed by atoms with Crippen LogP contribution in [0.5, 0.6) is 0 Å². The number of nitrogens with zero attached hydrogens (tertiary/aromatic N) is 1. The van der Waals surface area contributed by atoms with Crippen LogP contribution < -0.4 is 11.2 Å². The Morgan fingerprint density at radius 1 is 1.13 bits per heavy atom. The van der Waals surface area contributed by atoms with Gasteiger partial charge in [-0.25, -0.2) is 4.39 Å². The second-order valence-electron chi connectivity index (χ2n) is 6.11. The van der Waals surface area contributed by atoms with E-state index in [1.54, 1.807) is 13.1 Å². The number of hydrogen-bond donors (Lipinski definition) is 2. The number of halogens is 1. The summed E-state index contributed by atoms with van der Waals surface area (Å²) in [5.74, 6) is 0.396. The molecule has 0 spiro atoms. The zero-order valence-corrected chi connectivity index (χ0v) is 13.8. The highest BCUT2D eigenvalue weighted by Gasteiger charge is 2.21. The highest BCUT2D eigenvalue weighted by molar-refractivity contribution is 5.98. The summed E-state index contributed by atoms with van der Waals surface area (Å²) in [5.41, 5.74) is 16.3. The summed E-state index contributed by atoms with van der Waals surface area (Å²) in [6.07, 6.45) is 2.82. The minimum absolute atomic E-state index is 0.0708. The third-order valence-electron chi connectivity index (χ3n) is 4.56. The van der Waals surface area contributed by atoms with Crippen molar-refractivity contribution in [3.05, 3.63) is 57.9 Å². The molecule has 0 amide bonds. The van der Waals surface area contributed by atoms with Crippen molar-refractivity contribution < 1.29 is 4.39 Å². The number of fused-ring (bicyclic) bond motifs is 1. The molecule has 0 aliphatic heterocycles. The van der Waals surface area contributed by atoms with Gasteiger partial charge in [0.15, 0.2) is 5.84 Å². The molecule has 23 heavy (non-hydrogen) atoms. The fraction of sp³-hybridized carbons (Fsp3) is 0.316. The molecule has 1 aliphatic rings. The zero-order chi connectivity index (χ0) is 16.6. The van der Waals surface area contributed by atoms with Crippen LogP contribution in [0.1, 0.15) is 34.2 Å². The highest BCUT2D eigenvalue weighted by Crippen LogP contribution is 2.37. The molecule has 0 heterocycles. The Balaban J connectivity index is 2.16. The molecule has 1 aliphatic carbocycles. The Kier molecular flexibility index (Phi) is 4.07. The molecule has 3 rings (SSSR count). The van der Waals surface area contributed by atoms with Crippen LogP contribution in [-0.4, -0.2) is 12.9 Å². The topological polar surface area (TPSA) is 50.4 Å². The molecule has 3 N–H and O–H groups in total.